The second-order valence-corrected chi connectivity index (χ2v) is 11.8. The van der Waals surface area contributed by atoms with Crippen LogP contribution in [0.15, 0.2) is 103 Å². The van der Waals surface area contributed by atoms with Gasteiger partial charge in [-0.1, -0.05) is 55.8 Å². The van der Waals surface area contributed by atoms with Crippen molar-refractivity contribution in [1.82, 2.24) is 19.3 Å². The molecule has 5 heteroatoms. The zero-order chi connectivity index (χ0) is 33.0. The van der Waals surface area contributed by atoms with Gasteiger partial charge in [-0.3, -0.25) is 4.57 Å². The molecule has 0 fully saturated rings. The Kier molecular flexibility index (Phi) is 5.98. The molecule has 3 aromatic heterocycles. The normalized spacial score (nSPS) is 12.9. The molecule has 0 atom stereocenters. The Labute approximate surface area is 262 Å². The summed E-state index contributed by atoms with van der Waals surface area (Å²) in [6, 6.07) is 31.9. The molecule has 5 nitrogen and oxygen atoms in total. The lowest BCUT2D eigenvalue weighted by Crippen LogP contribution is -2.02. The SMILES string of the molecule is [2H]C([2H])([2H])c1ccc2c(c1)c1ccc(Oc3cc(C(C)C)cc(-n4nc(C)c(-c5ccccc5)c4C)c3)cc1n2-c1cc(C)ccn1. The molecule has 7 rings (SSSR count). The van der Waals surface area contributed by atoms with E-state index in [0.717, 1.165) is 67.0 Å². The monoisotopic (exact) mass is 579 g/mol. The third kappa shape index (κ3) is 4.84. The van der Waals surface area contributed by atoms with Crippen LogP contribution in [-0.4, -0.2) is 19.3 Å². The molecule has 0 bridgehead atoms. The smallest absolute Gasteiger partial charge is 0.137 e. The van der Waals surface area contributed by atoms with Gasteiger partial charge in [0, 0.05) is 44.5 Å². The first-order valence-corrected chi connectivity index (χ1v) is 14.9. The highest BCUT2D eigenvalue weighted by Gasteiger charge is 2.18. The summed E-state index contributed by atoms with van der Waals surface area (Å²) in [5.74, 6) is 2.40. The van der Waals surface area contributed by atoms with Crippen LogP contribution in [-0.2, 0) is 0 Å². The van der Waals surface area contributed by atoms with Gasteiger partial charge in [-0.15, -0.1) is 0 Å². The molecule has 7 aromatic rings. The van der Waals surface area contributed by atoms with Crippen molar-refractivity contribution in [3.8, 4) is 34.1 Å². The van der Waals surface area contributed by atoms with E-state index < -0.39 is 6.85 Å². The molecule has 218 valence electrons. The molecule has 0 saturated heterocycles. The van der Waals surface area contributed by atoms with Crippen LogP contribution in [0, 0.1) is 27.6 Å². The summed E-state index contributed by atoms with van der Waals surface area (Å²) in [4.78, 5) is 4.68. The second-order valence-electron chi connectivity index (χ2n) is 11.8. The first-order valence-electron chi connectivity index (χ1n) is 16.4. The van der Waals surface area contributed by atoms with Gasteiger partial charge in [0.05, 0.1) is 22.4 Å². The van der Waals surface area contributed by atoms with Crippen LogP contribution in [0.3, 0.4) is 0 Å². The summed E-state index contributed by atoms with van der Waals surface area (Å²) in [5.41, 5.74) is 9.53. The number of aromatic nitrogens is 4. The average Bonchev–Trinajstić information content (AvgIpc) is 3.53. The van der Waals surface area contributed by atoms with Crippen molar-refractivity contribution in [3.63, 3.8) is 0 Å². The van der Waals surface area contributed by atoms with Crippen molar-refractivity contribution in [2.75, 3.05) is 0 Å². The molecule has 0 aliphatic heterocycles. The number of benzene rings is 4. The largest absolute Gasteiger partial charge is 0.457 e. The lowest BCUT2D eigenvalue weighted by molar-refractivity contribution is 0.481. The minimum Gasteiger partial charge on any atom is -0.457 e. The number of nitrogens with zero attached hydrogens (tertiary/aromatic N) is 4. The fourth-order valence-electron chi connectivity index (χ4n) is 6.13. The number of rotatable bonds is 6. The van der Waals surface area contributed by atoms with E-state index in [0.29, 0.717) is 17.1 Å². The fraction of sp³-hybridized carbons (Fsp3) is 0.179. The maximum Gasteiger partial charge on any atom is 0.137 e. The van der Waals surface area contributed by atoms with E-state index in [4.69, 9.17) is 13.9 Å². The summed E-state index contributed by atoms with van der Waals surface area (Å²) in [6.45, 7) is 8.33. The third-order valence-corrected chi connectivity index (χ3v) is 8.28. The number of hydrogen-bond donors (Lipinski definition) is 0. The predicted octanol–water partition coefficient (Wildman–Crippen LogP) is 10.2. The molecule has 0 aliphatic carbocycles. The van der Waals surface area contributed by atoms with Crippen LogP contribution in [0.5, 0.6) is 11.5 Å². The molecule has 0 unspecified atom stereocenters. The lowest BCUT2D eigenvalue weighted by atomic mass is 10.0. The quantitative estimate of drug-likeness (QED) is 0.197. The van der Waals surface area contributed by atoms with E-state index in [9.17, 15) is 0 Å². The summed E-state index contributed by atoms with van der Waals surface area (Å²) in [6.07, 6.45) is 1.79. The van der Waals surface area contributed by atoms with Crippen LogP contribution in [0.2, 0.25) is 0 Å². The van der Waals surface area contributed by atoms with Crippen molar-refractivity contribution >= 4 is 21.8 Å². The van der Waals surface area contributed by atoms with Crippen molar-refractivity contribution in [1.29, 1.82) is 0 Å². The van der Waals surface area contributed by atoms with Crippen LogP contribution in [0.1, 0.15) is 52.0 Å². The van der Waals surface area contributed by atoms with Crippen LogP contribution in [0.4, 0.5) is 0 Å². The molecule has 0 saturated carbocycles. The Morgan fingerprint density at radius 1 is 0.750 bits per heavy atom. The van der Waals surface area contributed by atoms with Gasteiger partial charge in [0.1, 0.15) is 17.3 Å². The Bertz CT molecular complexity index is 2280. The maximum atomic E-state index is 8.00. The van der Waals surface area contributed by atoms with E-state index >= 15 is 0 Å². The third-order valence-electron chi connectivity index (χ3n) is 8.28. The Hall–Kier alpha value is -5.16. The Balaban J connectivity index is 1.36. The average molecular weight is 580 g/mol. The highest BCUT2D eigenvalue weighted by molar-refractivity contribution is 6.09. The summed E-state index contributed by atoms with van der Waals surface area (Å²) in [5, 5.41) is 6.74. The molecule has 0 spiro atoms. The molecule has 0 N–H and O–H groups in total. The molecule has 4 aromatic carbocycles. The predicted molar refractivity (Wildman–Crippen MR) is 181 cm³/mol. The van der Waals surface area contributed by atoms with Gasteiger partial charge in [-0.25, -0.2) is 9.67 Å². The molecule has 3 heterocycles. The number of aryl methyl sites for hydroxylation is 3. The van der Waals surface area contributed by atoms with Crippen molar-refractivity contribution in [2.24, 2.45) is 0 Å². The maximum absolute atomic E-state index is 8.00. The first kappa shape index (κ1) is 24.3. The molecular formula is C39H36N4O. The van der Waals surface area contributed by atoms with E-state index in [2.05, 4.69) is 66.7 Å². The van der Waals surface area contributed by atoms with Crippen LogP contribution >= 0.6 is 0 Å². The van der Waals surface area contributed by atoms with Crippen molar-refractivity contribution in [2.45, 2.75) is 47.4 Å². The number of hydrogen-bond acceptors (Lipinski definition) is 3. The summed E-state index contributed by atoms with van der Waals surface area (Å²) < 4.78 is 34.7. The molecule has 0 amide bonds. The van der Waals surface area contributed by atoms with Gasteiger partial charge in [0.15, 0.2) is 0 Å². The fourth-order valence-corrected chi connectivity index (χ4v) is 6.13. The number of fused-ring (bicyclic) bond motifs is 3. The van der Waals surface area contributed by atoms with Crippen molar-refractivity contribution < 1.29 is 8.85 Å². The van der Waals surface area contributed by atoms with Gasteiger partial charge in [-0.05, 0) is 98.8 Å². The number of ether oxygens (including phenoxy) is 1. The minimum absolute atomic E-state index is 0.271. The van der Waals surface area contributed by atoms with Crippen LogP contribution < -0.4 is 4.74 Å². The zero-order valence-corrected chi connectivity index (χ0v) is 25.6. The first-order chi connectivity index (χ1) is 22.5. The molecule has 0 radical (unpaired) electrons. The summed E-state index contributed by atoms with van der Waals surface area (Å²) >= 11 is 0. The standard InChI is InChI=1S/C39H36N4O/c1-24(2)30-20-31(43-28(6)39(27(5)41-43)29-10-8-7-9-11-29)22-33(21-30)44-32-13-14-34-35-18-25(3)12-15-36(35)42(37(34)23-32)38-19-26(4)16-17-40-38/h7-24H,1-6H3/i3D3. The molecular weight excluding hydrogens is 540 g/mol. The second kappa shape index (κ2) is 10.8. The van der Waals surface area contributed by atoms with Gasteiger partial charge < -0.3 is 4.74 Å². The lowest BCUT2D eigenvalue weighted by Gasteiger charge is -2.15. The van der Waals surface area contributed by atoms with Crippen molar-refractivity contribution in [3.05, 3.63) is 131 Å². The van der Waals surface area contributed by atoms with Gasteiger partial charge in [-0.2, -0.15) is 5.10 Å². The van der Waals surface area contributed by atoms with E-state index in [1.807, 2.05) is 67.1 Å². The van der Waals surface area contributed by atoms with E-state index in [1.54, 1.807) is 18.3 Å². The number of pyridine rings is 1. The highest BCUT2D eigenvalue weighted by Crippen LogP contribution is 2.37. The van der Waals surface area contributed by atoms with Crippen LogP contribution in [0.25, 0.3) is 44.4 Å². The molecule has 44 heavy (non-hydrogen) atoms. The Morgan fingerprint density at radius 2 is 1.59 bits per heavy atom. The van der Waals surface area contributed by atoms with Gasteiger partial charge in [0.2, 0.25) is 0 Å². The summed E-state index contributed by atoms with van der Waals surface area (Å²) in [7, 11) is 0. The van der Waals surface area contributed by atoms with Gasteiger partial charge >= 0.3 is 0 Å². The minimum atomic E-state index is -2.21. The Morgan fingerprint density at radius 3 is 2.36 bits per heavy atom. The van der Waals surface area contributed by atoms with E-state index in [-0.39, 0.29) is 5.92 Å². The highest BCUT2D eigenvalue weighted by atomic mass is 16.5. The van der Waals surface area contributed by atoms with E-state index in [1.165, 1.54) is 0 Å². The topological polar surface area (TPSA) is 44.9 Å². The van der Waals surface area contributed by atoms with Gasteiger partial charge in [0.25, 0.3) is 0 Å². The molecule has 0 aliphatic rings. The zero-order valence-electron chi connectivity index (χ0n) is 28.6.